The molecule has 35 heavy (non-hydrogen) atoms. The molecule has 0 unspecified atom stereocenters. The molecule has 1 aliphatic rings. The third kappa shape index (κ3) is 5.75. The van der Waals surface area contributed by atoms with Crippen molar-refractivity contribution in [3.05, 3.63) is 89.4 Å². The van der Waals surface area contributed by atoms with Crippen LogP contribution in [0.15, 0.2) is 76.4 Å². The number of nitrogens with zero attached hydrogens (tertiary/aromatic N) is 2. The van der Waals surface area contributed by atoms with Gasteiger partial charge in [0.1, 0.15) is 11.8 Å². The number of carbonyl (C=O) groups is 3. The van der Waals surface area contributed by atoms with Crippen LogP contribution < -0.4 is 5.32 Å². The molecule has 0 saturated carbocycles. The first kappa shape index (κ1) is 23.7. The van der Waals surface area contributed by atoms with Crippen LogP contribution in [0.5, 0.6) is 0 Å². The van der Waals surface area contributed by atoms with Crippen molar-refractivity contribution in [2.24, 2.45) is 5.10 Å². The van der Waals surface area contributed by atoms with Crippen LogP contribution in [0, 0.1) is 6.92 Å². The van der Waals surface area contributed by atoms with E-state index in [4.69, 9.17) is 13.9 Å². The minimum absolute atomic E-state index is 0.181. The average molecular weight is 476 g/mol. The highest BCUT2D eigenvalue weighted by Crippen LogP contribution is 2.33. The first-order valence-electron chi connectivity index (χ1n) is 11.2. The van der Waals surface area contributed by atoms with E-state index in [1.165, 1.54) is 17.1 Å². The van der Waals surface area contributed by atoms with Gasteiger partial charge in [0, 0.05) is 12.1 Å². The van der Waals surface area contributed by atoms with Crippen LogP contribution in [0.4, 0.5) is 10.5 Å². The van der Waals surface area contributed by atoms with E-state index in [1.807, 2.05) is 31.2 Å². The molecule has 180 valence electrons. The molecule has 0 aliphatic carbocycles. The van der Waals surface area contributed by atoms with Gasteiger partial charge in [-0.25, -0.2) is 14.6 Å². The number of hydrogen-bond donors (Lipinski definition) is 1. The molecule has 2 heterocycles. The van der Waals surface area contributed by atoms with E-state index in [0.717, 1.165) is 16.8 Å². The Morgan fingerprint density at radius 3 is 2.60 bits per heavy atom. The number of benzene rings is 2. The highest BCUT2D eigenvalue weighted by molar-refractivity contribution is 6.03. The lowest BCUT2D eigenvalue weighted by molar-refractivity contribution is -0.136. The lowest BCUT2D eigenvalue weighted by atomic mass is 10.0. The molecule has 1 atom stereocenters. The highest BCUT2D eigenvalue weighted by Gasteiger charge is 2.35. The minimum atomic E-state index is -0.706. The quantitative estimate of drug-likeness (QED) is 0.497. The number of rotatable bonds is 7. The normalized spacial score (nSPS) is 14.9. The summed E-state index contributed by atoms with van der Waals surface area (Å²) in [5.74, 6) is -0.599. The molecule has 0 radical (unpaired) electrons. The van der Waals surface area contributed by atoms with Crippen molar-refractivity contribution in [2.45, 2.75) is 26.3 Å². The van der Waals surface area contributed by atoms with Gasteiger partial charge >= 0.3 is 12.1 Å². The number of carbonyl (C=O) groups excluding carboxylic acids is 3. The van der Waals surface area contributed by atoms with Crippen LogP contribution in [-0.2, 0) is 14.3 Å². The fourth-order valence-electron chi connectivity index (χ4n) is 3.65. The molecule has 0 bridgehead atoms. The van der Waals surface area contributed by atoms with Crippen molar-refractivity contribution >= 4 is 29.4 Å². The molecule has 0 spiro atoms. The molecule has 1 aliphatic heterocycles. The summed E-state index contributed by atoms with van der Waals surface area (Å²) in [4.78, 5) is 37.2. The molecular weight excluding hydrogens is 450 g/mol. The smallest absolute Gasteiger partial charge is 0.411 e. The lowest BCUT2D eigenvalue weighted by Gasteiger charge is -2.19. The van der Waals surface area contributed by atoms with Crippen LogP contribution in [-0.4, -0.2) is 41.9 Å². The van der Waals surface area contributed by atoms with Crippen LogP contribution in [0.2, 0.25) is 0 Å². The van der Waals surface area contributed by atoms with Crippen molar-refractivity contribution in [3.8, 4) is 0 Å². The number of hydrogen-bond acceptors (Lipinski definition) is 7. The highest BCUT2D eigenvalue weighted by atomic mass is 16.5. The largest absolute Gasteiger partial charge is 0.467 e. The number of aryl methyl sites for hydroxylation is 1. The van der Waals surface area contributed by atoms with Gasteiger partial charge in [0.15, 0.2) is 6.61 Å². The number of amides is 2. The molecule has 0 saturated heterocycles. The lowest BCUT2D eigenvalue weighted by Crippen LogP contribution is -2.31. The Morgan fingerprint density at radius 1 is 1.09 bits per heavy atom. The number of nitrogens with one attached hydrogen (secondary N) is 1. The third-order valence-electron chi connectivity index (χ3n) is 5.37. The van der Waals surface area contributed by atoms with E-state index in [0.29, 0.717) is 17.9 Å². The van der Waals surface area contributed by atoms with Crippen molar-refractivity contribution < 1.29 is 28.3 Å². The number of furan rings is 1. The zero-order valence-corrected chi connectivity index (χ0v) is 19.4. The topological polar surface area (TPSA) is 110 Å². The van der Waals surface area contributed by atoms with E-state index in [1.54, 1.807) is 37.5 Å². The van der Waals surface area contributed by atoms with Gasteiger partial charge < -0.3 is 13.9 Å². The molecule has 2 amide bonds. The first-order valence-corrected chi connectivity index (χ1v) is 11.2. The zero-order valence-electron chi connectivity index (χ0n) is 19.4. The maximum atomic E-state index is 13.0. The van der Waals surface area contributed by atoms with Crippen molar-refractivity contribution in [3.63, 3.8) is 0 Å². The predicted molar refractivity (Wildman–Crippen MR) is 128 cm³/mol. The SMILES string of the molecule is CCOC(=O)Nc1cccc(C(=O)OCC(=O)N2N=C(c3ccc(C)cc3)C[C@@H]2c2ccco2)c1. The van der Waals surface area contributed by atoms with Gasteiger partial charge in [-0.2, -0.15) is 5.10 Å². The van der Waals surface area contributed by atoms with Gasteiger partial charge in [0.05, 0.1) is 24.1 Å². The van der Waals surface area contributed by atoms with Crippen LogP contribution in [0.3, 0.4) is 0 Å². The number of anilines is 1. The Hall–Kier alpha value is -4.40. The van der Waals surface area contributed by atoms with Crippen LogP contribution in [0.25, 0.3) is 0 Å². The third-order valence-corrected chi connectivity index (χ3v) is 5.37. The van der Waals surface area contributed by atoms with E-state index in [2.05, 4.69) is 10.4 Å². The Bertz CT molecular complexity index is 1230. The maximum absolute atomic E-state index is 13.0. The number of hydrazone groups is 1. The van der Waals surface area contributed by atoms with E-state index in [-0.39, 0.29) is 12.2 Å². The Kier molecular flexibility index (Phi) is 7.25. The fourth-order valence-corrected chi connectivity index (χ4v) is 3.65. The predicted octanol–water partition coefficient (Wildman–Crippen LogP) is 4.69. The zero-order chi connectivity index (χ0) is 24.8. The van der Waals surface area contributed by atoms with E-state index >= 15 is 0 Å². The van der Waals surface area contributed by atoms with Gasteiger partial charge in [-0.3, -0.25) is 10.1 Å². The van der Waals surface area contributed by atoms with Crippen LogP contribution in [0.1, 0.15) is 46.6 Å². The second kappa shape index (κ2) is 10.7. The second-order valence-electron chi connectivity index (χ2n) is 7.89. The monoisotopic (exact) mass is 475 g/mol. The Balaban J connectivity index is 1.45. The molecule has 9 nitrogen and oxygen atoms in total. The summed E-state index contributed by atoms with van der Waals surface area (Å²) >= 11 is 0. The summed E-state index contributed by atoms with van der Waals surface area (Å²) in [7, 11) is 0. The molecule has 1 aromatic heterocycles. The number of ether oxygens (including phenoxy) is 2. The standard InChI is InChI=1S/C26H25N3O6/c1-3-33-26(32)27-20-7-4-6-19(14-20)25(31)35-16-24(30)29-22(23-8-5-13-34-23)15-21(28-29)18-11-9-17(2)10-12-18/h4-14,22H,3,15-16H2,1-2H3,(H,27,32)/t22-/m1/s1. The summed E-state index contributed by atoms with van der Waals surface area (Å²) in [5, 5.41) is 8.35. The number of esters is 1. The molecule has 3 aromatic rings. The average Bonchev–Trinajstić information content (AvgIpc) is 3.53. The van der Waals surface area contributed by atoms with E-state index in [9.17, 15) is 14.4 Å². The second-order valence-corrected chi connectivity index (χ2v) is 7.89. The van der Waals surface area contributed by atoms with Crippen molar-refractivity contribution in [1.82, 2.24) is 5.01 Å². The molecular formula is C26H25N3O6. The van der Waals surface area contributed by atoms with Crippen LogP contribution >= 0.6 is 0 Å². The van der Waals surface area contributed by atoms with Gasteiger partial charge in [-0.05, 0) is 49.7 Å². The van der Waals surface area contributed by atoms with Gasteiger partial charge in [-0.1, -0.05) is 35.9 Å². The molecule has 2 aromatic carbocycles. The summed E-state index contributed by atoms with van der Waals surface area (Å²) in [6, 6.07) is 17.1. The van der Waals surface area contributed by atoms with Gasteiger partial charge in [-0.15, -0.1) is 0 Å². The maximum Gasteiger partial charge on any atom is 0.411 e. The Morgan fingerprint density at radius 2 is 1.89 bits per heavy atom. The molecule has 0 fully saturated rings. The summed E-state index contributed by atoms with van der Waals surface area (Å²) in [5.41, 5.74) is 3.32. The summed E-state index contributed by atoms with van der Waals surface area (Å²) in [6.07, 6.45) is 1.38. The first-order chi connectivity index (χ1) is 16.9. The van der Waals surface area contributed by atoms with Crippen molar-refractivity contribution in [2.75, 3.05) is 18.5 Å². The Labute approximate surface area is 202 Å². The fraction of sp³-hybridized carbons (Fsp3) is 0.231. The molecule has 1 N–H and O–H groups in total. The van der Waals surface area contributed by atoms with Crippen molar-refractivity contribution in [1.29, 1.82) is 0 Å². The molecule has 9 heteroatoms. The van der Waals surface area contributed by atoms with E-state index < -0.39 is 30.6 Å². The van der Waals surface area contributed by atoms with Gasteiger partial charge in [0.25, 0.3) is 5.91 Å². The summed E-state index contributed by atoms with van der Waals surface area (Å²) < 4.78 is 15.6. The minimum Gasteiger partial charge on any atom is -0.467 e. The molecule has 4 rings (SSSR count). The summed E-state index contributed by atoms with van der Waals surface area (Å²) in [6.45, 7) is 3.41. The van der Waals surface area contributed by atoms with Gasteiger partial charge in [0.2, 0.25) is 0 Å².